The fourth-order valence-electron chi connectivity index (χ4n) is 4.63. The molecule has 1 aliphatic carbocycles. The van der Waals surface area contributed by atoms with Crippen molar-refractivity contribution in [3.05, 3.63) is 53.4 Å². The summed E-state index contributed by atoms with van der Waals surface area (Å²) in [7, 11) is 1.55. The number of nitrogens with one attached hydrogen (secondary N) is 3. The summed E-state index contributed by atoms with van der Waals surface area (Å²) >= 11 is 0. The Kier molecular flexibility index (Phi) is 9.55. The summed E-state index contributed by atoms with van der Waals surface area (Å²) in [5.74, 6) is -0.368. The summed E-state index contributed by atoms with van der Waals surface area (Å²) in [6, 6.07) is 1.72. The number of hydrazine groups is 2. The second-order valence-electron chi connectivity index (χ2n) is 10.0. The third-order valence-electron chi connectivity index (χ3n) is 6.84. The van der Waals surface area contributed by atoms with Crippen LogP contribution >= 0.6 is 0 Å². The first kappa shape index (κ1) is 29.2. The number of carbonyl (C=O) groups excluding carboxylic acids is 2. The van der Waals surface area contributed by atoms with Gasteiger partial charge in [-0.3, -0.25) is 29.3 Å². The molecule has 2 aliphatic rings. The van der Waals surface area contributed by atoms with Crippen LogP contribution in [0.15, 0.2) is 36.4 Å². The van der Waals surface area contributed by atoms with Crippen LogP contribution in [0.1, 0.15) is 60.3 Å². The van der Waals surface area contributed by atoms with Crippen LogP contribution in [-0.4, -0.2) is 68.1 Å². The van der Waals surface area contributed by atoms with Crippen molar-refractivity contribution in [2.75, 3.05) is 20.1 Å². The molecule has 1 aliphatic heterocycles. The summed E-state index contributed by atoms with van der Waals surface area (Å²) < 4.78 is 54.8. The van der Waals surface area contributed by atoms with Crippen molar-refractivity contribution in [3.8, 4) is 0 Å². The molecule has 4 rings (SSSR count). The molecule has 1 fully saturated rings. The van der Waals surface area contributed by atoms with E-state index in [2.05, 4.69) is 31.5 Å². The van der Waals surface area contributed by atoms with E-state index in [-0.39, 0.29) is 49.0 Å². The number of hydrogen-bond donors (Lipinski definition) is 3. The van der Waals surface area contributed by atoms with Crippen molar-refractivity contribution >= 4 is 11.8 Å². The molecule has 1 atom stereocenters. The smallest absolute Gasteiger partial charge is 0.350 e. The Hall–Kier alpha value is -3.75. The zero-order chi connectivity index (χ0) is 28.7. The largest absolute Gasteiger partial charge is 0.416 e. The van der Waals surface area contributed by atoms with E-state index in [1.165, 1.54) is 46.4 Å². The third kappa shape index (κ3) is 8.13. The minimum atomic E-state index is -4.51. The molecule has 1 unspecified atom stereocenters. The highest BCUT2D eigenvalue weighted by atomic mass is 19.4. The van der Waals surface area contributed by atoms with Crippen LogP contribution in [0.5, 0.6) is 0 Å². The van der Waals surface area contributed by atoms with Gasteiger partial charge in [0.15, 0.2) is 5.69 Å². The zero-order valence-electron chi connectivity index (χ0n) is 22.1. The molecule has 40 heavy (non-hydrogen) atoms. The van der Waals surface area contributed by atoms with Gasteiger partial charge in [0.25, 0.3) is 11.8 Å². The Labute approximate surface area is 228 Å². The third-order valence-corrected chi connectivity index (χ3v) is 6.84. The molecule has 0 bridgehead atoms. The van der Waals surface area contributed by atoms with E-state index >= 15 is 0 Å². The zero-order valence-corrected chi connectivity index (χ0v) is 22.1. The number of rotatable bonds is 11. The maximum atomic E-state index is 14.7. The van der Waals surface area contributed by atoms with Gasteiger partial charge in [0.05, 0.1) is 30.5 Å². The van der Waals surface area contributed by atoms with Crippen LogP contribution in [0, 0.1) is 5.92 Å². The number of alkyl halides is 4. The highest BCUT2D eigenvalue weighted by Gasteiger charge is 2.31. The van der Waals surface area contributed by atoms with Gasteiger partial charge in [-0.2, -0.15) is 13.2 Å². The molecule has 15 heteroatoms. The molecule has 0 spiro atoms. The quantitative estimate of drug-likeness (QED) is 0.355. The second-order valence-corrected chi connectivity index (χ2v) is 10.0. The molecule has 0 radical (unpaired) electrons. The number of nitrogens with zero attached hydrogens (tertiary/aromatic N) is 6. The second kappa shape index (κ2) is 13.1. The molecular weight excluding hydrogens is 534 g/mol. The maximum absolute atomic E-state index is 14.7. The number of aromatic nitrogens is 4. The lowest BCUT2D eigenvalue weighted by Gasteiger charge is -2.22. The highest BCUT2D eigenvalue weighted by molar-refractivity contribution is 5.92. The first-order chi connectivity index (χ1) is 19.1. The minimum Gasteiger partial charge on any atom is -0.350 e. The standard InChI is InChI=1S/C25H33F4N9O2/c1-36-22(24(40)32-13-20-11-18(7-9-30-20)25(27,28)29)16-38(35-36)14-19(26)8-10-37-15-21(33-34-37)23(39)31-12-17-5-3-2-4-6-17/h7,9,11,15-17,19,35H,2-6,8,10,12-14H2,1H3,(H,31,39)(H,32,40). The average molecular weight is 568 g/mol. The van der Waals surface area contributed by atoms with Gasteiger partial charge in [0, 0.05) is 39.0 Å². The molecule has 2 aromatic heterocycles. The van der Waals surface area contributed by atoms with Crippen LogP contribution < -0.4 is 16.2 Å². The Balaban J connectivity index is 1.20. The van der Waals surface area contributed by atoms with Gasteiger partial charge in [-0.05, 0) is 30.9 Å². The molecule has 3 N–H and O–H groups in total. The Morgan fingerprint density at radius 3 is 2.70 bits per heavy atom. The molecule has 11 nitrogen and oxygen atoms in total. The van der Waals surface area contributed by atoms with Gasteiger partial charge in [0.1, 0.15) is 11.9 Å². The van der Waals surface area contributed by atoms with E-state index in [0.29, 0.717) is 12.5 Å². The summed E-state index contributed by atoms with van der Waals surface area (Å²) in [6.07, 6.45) is 4.06. The first-order valence-electron chi connectivity index (χ1n) is 13.2. The summed E-state index contributed by atoms with van der Waals surface area (Å²) in [4.78, 5) is 28.8. The van der Waals surface area contributed by atoms with Gasteiger partial charge < -0.3 is 10.6 Å². The molecule has 0 saturated heterocycles. The first-order valence-corrected chi connectivity index (χ1v) is 13.2. The van der Waals surface area contributed by atoms with Crippen molar-refractivity contribution < 1.29 is 27.2 Å². The molecule has 0 aromatic carbocycles. The van der Waals surface area contributed by atoms with Crippen LogP contribution in [0.4, 0.5) is 17.6 Å². The predicted molar refractivity (Wildman–Crippen MR) is 135 cm³/mol. The Bertz CT molecular complexity index is 1200. The fourth-order valence-corrected chi connectivity index (χ4v) is 4.63. The number of amides is 2. The van der Waals surface area contributed by atoms with Gasteiger partial charge in [0.2, 0.25) is 0 Å². The number of likely N-dealkylation sites (N-methyl/N-ethyl adjacent to an activating group) is 1. The van der Waals surface area contributed by atoms with E-state index < -0.39 is 23.8 Å². The van der Waals surface area contributed by atoms with Crippen LogP contribution in [0.2, 0.25) is 0 Å². The van der Waals surface area contributed by atoms with Crippen molar-refractivity contribution in [1.82, 2.24) is 46.2 Å². The lowest BCUT2D eigenvalue weighted by atomic mass is 9.89. The molecule has 2 aromatic rings. The van der Waals surface area contributed by atoms with E-state index in [0.717, 1.165) is 31.2 Å². The van der Waals surface area contributed by atoms with Crippen LogP contribution in [0.3, 0.4) is 0 Å². The van der Waals surface area contributed by atoms with E-state index in [1.807, 2.05) is 0 Å². The number of pyridine rings is 1. The molecule has 3 heterocycles. The lowest BCUT2D eigenvalue weighted by molar-refractivity contribution is -0.137. The average Bonchev–Trinajstić information content (AvgIpc) is 3.56. The van der Waals surface area contributed by atoms with Gasteiger partial charge in [-0.1, -0.05) is 24.5 Å². The van der Waals surface area contributed by atoms with E-state index in [9.17, 15) is 27.2 Å². The van der Waals surface area contributed by atoms with Crippen molar-refractivity contribution in [3.63, 3.8) is 0 Å². The summed E-state index contributed by atoms with van der Waals surface area (Å²) in [5.41, 5.74) is 2.36. The predicted octanol–water partition coefficient (Wildman–Crippen LogP) is 2.55. The lowest BCUT2D eigenvalue weighted by Crippen LogP contribution is -2.42. The Morgan fingerprint density at radius 1 is 1.18 bits per heavy atom. The maximum Gasteiger partial charge on any atom is 0.416 e. The number of aryl methyl sites for hydroxylation is 1. The monoisotopic (exact) mass is 567 g/mol. The number of carbonyl (C=O) groups is 2. The molecule has 218 valence electrons. The SMILES string of the molecule is CN1NN(CC(F)CCn2cc(C(=O)NCC3CCCCC3)nn2)C=C1C(=O)NCc1cc(C(F)(F)F)ccn1. The molecule has 1 saturated carbocycles. The van der Waals surface area contributed by atoms with Crippen molar-refractivity contribution in [1.29, 1.82) is 0 Å². The summed E-state index contributed by atoms with van der Waals surface area (Å²) in [6.45, 7) is 0.526. The van der Waals surface area contributed by atoms with E-state index in [1.54, 1.807) is 7.05 Å². The van der Waals surface area contributed by atoms with Gasteiger partial charge in [-0.25, -0.2) is 4.39 Å². The Morgan fingerprint density at radius 2 is 1.95 bits per heavy atom. The van der Waals surface area contributed by atoms with Crippen molar-refractivity contribution in [2.24, 2.45) is 5.92 Å². The normalized spacial score (nSPS) is 17.1. The van der Waals surface area contributed by atoms with Gasteiger partial charge in [-0.15, -0.1) is 10.6 Å². The minimum absolute atomic E-state index is 0.0519. The van der Waals surface area contributed by atoms with E-state index in [4.69, 9.17) is 0 Å². The van der Waals surface area contributed by atoms with Crippen LogP contribution in [-0.2, 0) is 24.1 Å². The highest BCUT2D eigenvalue weighted by Crippen LogP contribution is 2.29. The topological polar surface area (TPSA) is 120 Å². The fraction of sp³-hybridized carbons (Fsp3) is 0.560. The van der Waals surface area contributed by atoms with Crippen LogP contribution in [0.25, 0.3) is 0 Å². The van der Waals surface area contributed by atoms with Gasteiger partial charge >= 0.3 is 6.18 Å². The molecular formula is C25H33F4N9O2. The van der Waals surface area contributed by atoms with Crippen molar-refractivity contribution in [2.45, 2.75) is 64.0 Å². The molecule has 2 amide bonds. The summed E-state index contributed by atoms with van der Waals surface area (Å²) in [5, 5.41) is 16.0. The number of hydrogen-bond acceptors (Lipinski definition) is 8. The number of halogens is 4.